The summed E-state index contributed by atoms with van der Waals surface area (Å²) in [6.07, 6.45) is 6.24. The molecule has 0 amide bonds. The largest absolute Gasteiger partial charge is 0.396 e. The lowest BCUT2D eigenvalue weighted by Gasteiger charge is -2.56. The zero-order valence-electron chi connectivity index (χ0n) is 11.1. The van der Waals surface area contributed by atoms with Crippen LogP contribution in [0.4, 0.5) is 0 Å². The van der Waals surface area contributed by atoms with Crippen LogP contribution in [0.15, 0.2) is 11.6 Å². The minimum atomic E-state index is 0.0708. The Kier molecular flexibility index (Phi) is 3.44. The van der Waals surface area contributed by atoms with E-state index in [1.54, 1.807) is 0 Å². The molecule has 2 heteroatoms. The van der Waals surface area contributed by atoms with E-state index in [1.807, 2.05) is 0 Å². The summed E-state index contributed by atoms with van der Waals surface area (Å²) in [6, 6.07) is 0. The number of fused-ring (bicyclic) bond motifs is 1. The number of aliphatic hydroxyl groups excluding tert-OH is 1. The molecule has 0 aromatic carbocycles. The van der Waals surface area contributed by atoms with Crippen molar-refractivity contribution in [3.8, 4) is 0 Å². The van der Waals surface area contributed by atoms with E-state index < -0.39 is 0 Å². The Morgan fingerprint density at radius 3 is 2.71 bits per heavy atom. The van der Waals surface area contributed by atoms with Gasteiger partial charge in [0.1, 0.15) is 6.29 Å². The Morgan fingerprint density at radius 1 is 1.41 bits per heavy atom. The van der Waals surface area contributed by atoms with Crippen molar-refractivity contribution in [1.82, 2.24) is 0 Å². The molecule has 0 bridgehead atoms. The highest BCUT2D eigenvalue weighted by Gasteiger charge is 2.58. The van der Waals surface area contributed by atoms with Crippen LogP contribution >= 0.6 is 0 Å². The van der Waals surface area contributed by atoms with Crippen molar-refractivity contribution >= 4 is 6.29 Å². The quantitative estimate of drug-likeness (QED) is 0.602. The van der Waals surface area contributed by atoms with Crippen LogP contribution in [0.2, 0.25) is 0 Å². The molecule has 4 unspecified atom stereocenters. The van der Waals surface area contributed by atoms with Gasteiger partial charge in [-0.2, -0.15) is 0 Å². The molecular formula is C15H24O2. The molecule has 2 rings (SSSR count). The third kappa shape index (κ3) is 1.97. The average Bonchev–Trinajstić information content (AvgIpc) is 2.64. The number of carbonyl (C=O) groups excluding carboxylic acids is 1. The van der Waals surface area contributed by atoms with Crippen molar-refractivity contribution in [1.29, 1.82) is 0 Å². The van der Waals surface area contributed by atoms with Crippen LogP contribution in [-0.2, 0) is 4.79 Å². The highest BCUT2D eigenvalue weighted by atomic mass is 16.3. The SMILES string of the molecule is CC1CCC2C1C(/C=C(/C=O)CCO)C2(C)C. The molecule has 4 atom stereocenters. The lowest BCUT2D eigenvalue weighted by Crippen LogP contribution is -2.51. The molecule has 96 valence electrons. The first-order chi connectivity index (χ1) is 8.02. The first-order valence-corrected chi connectivity index (χ1v) is 6.79. The first-order valence-electron chi connectivity index (χ1n) is 6.79. The molecule has 17 heavy (non-hydrogen) atoms. The van der Waals surface area contributed by atoms with E-state index in [2.05, 4.69) is 26.8 Å². The molecule has 1 N–H and O–H groups in total. The molecule has 0 heterocycles. The second-order valence-corrected chi connectivity index (χ2v) is 6.42. The fourth-order valence-corrected chi connectivity index (χ4v) is 4.19. The van der Waals surface area contributed by atoms with Crippen LogP contribution in [0.25, 0.3) is 0 Å². The van der Waals surface area contributed by atoms with Gasteiger partial charge in [-0.15, -0.1) is 0 Å². The van der Waals surface area contributed by atoms with Crippen LogP contribution in [0.3, 0.4) is 0 Å². The molecule has 2 aliphatic carbocycles. The average molecular weight is 236 g/mol. The molecule has 2 saturated carbocycles. The number of aliphatic hydroxyl groups is 1. The standard InChI is InChI=1S/C15H24O2/c1-10-4-5-12-14(10)13(15(12,2)3)8-11(9-17)6-7-16/h8-10,12-14,16H,4-7H2,1-3H3/b11-8+. The smallest absolute Gasteiger partial charge is 0.145 e. The molecule has 0 spiro atoms. The predicted molar refractivity (Wildman–Crippen MR) is 68.5 cm³/mol. The van der Waals surface area contributed by atoms with E-state index in [1.165, 1.54) is 12.8 Å². The minimum Gasteiger partial charge on any atom is -0.396 e. The Balaban J connectivity index is 2.17. The van der Waals surface area contributed by atoms with Crippen LogP contribution < -0.4 is 0 Å². The molecule has 2 aliphatic rings. The molecule has 0 saturated heterocycles. The number of aldehydes is 1. The van der Waals surface area contributed by atoms with E-state index in [9.17, 15) is 4.79 Å². The molecule has 2 fully saturated rings. The number of carbonyl (C=O) groups is 1. The number of hydrogen-bond donors (Lipinski definition) is 1. The second kappa shape index (κ2) is 4.56. The lowest BCUT2D eigenvalue weighted by atomic mass is 9.48. The second-order valence-electron chi connectivity index (χ2n) is 6.42. The maximum Gasteiger partial charge on any atom is 0.145 e. The maximum atomic E-state index is 11.0. The van der Waals surface area contributed by atoms with Gasteiger partial charge >= 0.3 is 0 Å². The molecule has 0 aromatic rings. The first kappa shape index (κ1) is 12.8. The highest BCUT2D eigenvalue weighted by molar-refractivity contribution is 5.73. The molecule has 0 aromatic heterocycles. The topological polar surface area (TPSA) is 37.3 Å². The van der Waals surface area contributed by atoms with Crippen LogP contribution in [-0.4, -0.2) is 18.0 Å². The lowest BCUT2D eigenvalue weighted by molar-refractivity contribution is -0.105. The third-order valence-electron chi connectivity index (χ3n) is 5.23. The van der Waals surface area contributed by atoms with E-state index in [4.69, 9.17) is 5.11 Å². The van der Waals surface area contributed by atoms with Gasteiger partial charge in [-0.25, -0.2) is 0 Å². The summed E-state index contributed by atoms with van der Waals surface area (Å²) >= 11 is 0. The monoisotopic (exact) mass is 236 g/mol. The predicted octanol–water partition coefficient (Wildman–Crippen LogP) is 2.81. The van der Waals surface area contributed by atoms with Gasteiger partial charge in [-0.1, -0.05) is 33.3 Å². The van der Waals surface area contributed by atoms with E-state index in [0.29, 0.717) is 17.8 Å². The fourth-order valence-electron chi connectivity index (χ4n) is 4.19. The van der Waals surface area contributed by atoms with Crippen LogP contribution in [0.1, 0.15) is 40.0 Å². The fraction of sp³-hybridized carbons (Fsp3) is 0.800. The van der Waals surface area contributed by atoms with Gasteiger partial charge in [-0.05, 0) is 47.5 Å². The van der Waals surface area contributed by atoms with Gasteiger partial charge in [0.2, 0.25) is 0 Å². The number of allylic oxidation sites excluding steroid dienone is 1. The normalized spacial score (nSPS) is 39.6. The summed E-state index contributed by atoms with van der Waals surface area (Å²) in [5.74, 6) is 2.91. The van der Waals surface area contributed by atoms with Gasteiger partial charge in [-0.3, -0.25) is 4.79 Å². The van der Waals surface area contributed by atoms with Crippen molar-refractivity contribution < 1.29 is 9.90 Å². The Labute approximate surface area is 104 Å². The van der Waals surface area contributed by atoms with Gasteiger partial charge in [0, 0.05) is 6.61 Å². The third-order valence-corrected chi connectivity index (χ3v) is 5.23. The van der Waals surface area contributed by atoms with Crippen LogP contribution in [0, 0.1) is 29.1 Å². The van der Waals surface area contributed by atoms with Crippen molar-refractivity contribution in [2.75, 3.05) is 6.61 Å². The van der Waals surface area contributed by atoms with Crippen LogP contribution in [0.5, 0.6) is 0 Å². The van der Waals surface area contributed by atoms with Crippen molar-refractivity contribution in [3.05, 3.63) is 11.6 Å². The van der Waals surface area contributed by atoms with E-state index in [0.717, 1.165) is 29.6 Å². The van der Waals surface area contributed by atoms with Gasteiger partial charge in [0.15, 0.2) is 0 Å². The Hall–Kier alpha value is -0.630. The Morgan fingerprint density at radius 2 is 2.12 bits per heavy atom. The van der Waals surface area contributed by atoms with Crippen molar-refractivity contribution in [2.24, 2.45) is 29.1 Å². The van der Waals surface area contributed by atoms with E-state index in [-0.39, 0.29) is 6.61 Å². The summed E-state index contributed by atoms with van der Waals surface area (Å²) in [7, 11) is 0. The molecular weight excluding hydrogens is 212 g/mol. The number of hydrogen-bond acceptors (Lipinski definition) is 2. The van der Waals surface area contributed by atoms with Gasteiger partial charge < -0.3 is 5.11 Å². The van der Waals surface area contributed by atoms with Gasteiger partial charge in [0.25, 0.3) is 0 Å². The van der Waals surface area contributed by atoms with Gasteiger partial charge in [0.05, 0.1) is 0 Å². The summed E-state index contributed by atoms with van der Waals surface area (Å²) in [5, 5.41) is 8.94. The minimum absolute atomic E-state index is 0.0708. The number of rotatable bonds is 4. The zero-order valence-corrected chi connectivity index (χ0v) is 11.1. The summed E-state index contributed by atoms with van der Waals surface area (Å²) < 4.78 is 0. The van der Waals surface area contributed by atoms with Crippen molar-refractivity contribution in [2.45, 2.75) is 40.0 Å². The molecule has 0 aliphatic heterocycles. The highest BCUT2D eigenvalue weighted by Crippen LogP contribution is 2.65. The summed E-state index contributed by atoms with van der Waals surface area (Å²) in [6.45, 7) is 7.07. The summed E-state index contributed by atoms with van der Waals surface area (Å²) in [4.78, 5) is 11.0. The molecule has 0 radical (unpaired) electrons. The maximum absolute atomic E-state index is 11.0. The van der Waals surface area contributed by atoms with E-state index >= 15 is 0 Å². The Bertz CT molecular complexity index is 330. The molecule has 2 nitrogen and oxygen atoms in total. The van der Waals surface area contributed by atoms with Crippen molar-refractivity contribution in [3.63, 3.8) is 0 Å². The summed E-state index contributed by atoms with van der Waals surface area (Å²) in [5.41, 5.74) is 1.11. The zero-order chi connectivity index (χ0) is 12.6.